The second-order valence-corrected chi connectivity index (χ2v) is 5.13. The molecule has 0 atom stereocenters. The molecule has 0 spiro atoms. The molecule has 0 unspecified atom stereocenters. The largest absolute Gasteiger partial charge is 0.373 e. The standard InChI is InChI=1S/C11H16N6S/c1-7(2)8-9(12-3)13-5-14-10(8)18-11-16-15-6-17(11)4/h5-7H,1-4H3,(H,12,13,14). The van der Waals surface area contributed by atoms with E-state index in [9.17, 15) is 0 Å². The van der Waals surface area contributed by atoms with Crippen LogP contribution < -0.4 is 5.32 Å². The van der Waals surface area contributed by atoms with Gasteiger partial charge in [0.05, 0.1) is 0 Å². The van der Waals surface area contributed by atoms with E-state index in [0.717, 1.165) is 21.6 Å². The fraction of sp³-hybridized carbons (Fsp3) is 0.455. The maximum Gasteiger partial charge on any atom is 0.197 e. The van der Waals surface area contributed by atoms with Gasteiger partial charge in [-0.15, -0.1) is 10.2 Å². The van der Waals surface area contributed by atoms with E-state index in [4.69, 9.17) is 0 Å². The summed E-state index contributed by atoms with van der Waals surface area (Å²) in [6.45, 7) is 4.25. The van der Waals surface area contributed by atoms with E-state index >= 15 is 0 Å². The smallest absolute Gasteiger partial charge is 0.197 e. The van der Waals surface area contributed by atoms with E-state index in [0.29, 0.717) is 5.92 Å². The Morgan fingerprint density at radius 3 is 2.67 bits per heavy atom. The summed E-state index contributed by atoms with van der Waals surface area (Å²) in [7, 11) is 3.78. The number of aryl methyl sites for hydroxylation is 1. The highest BCUT2D eigenvalue weighted by Gasteiger charge is 2.16. The molecule has 6 nitrogen and oxygen atoms in total. The summed E-state index contributed by atoms with van der Waals surface area (Å²) in [6, 6.07) is 0. The predicted octanol–water partition coefficient (Wildman–Crippen LogP) is 1.92. The first-order valence-electron chi connectivity index (χ1n) is 5.68. The van der Waals surface area contributed by atoms with Crippen LogP contribution in [0.4, 0.5) is 5.82 Å². The number of hydrogen-bond donors (Lipinski definition) is 1. The first-order chi connectivity index (χ1) is 8.63. The Bertz CT molecular complexity index is 536. The van der Waals surface area contributed by atoms with Crippen molar-refractivity contribution in [1.82, 2.24) is 24.7 Å². The first kappa shape index (κ1) is 12.8. The van der Waals surface area contributed by atoms with Crippen LogP contribution in [0.2, 0.25) is 0 Å². The molecule has 18 heavy (non-hydrogen) atoms. The van der Waals surface area contributed by atoms with E-state index in [2.05, 4.69) is 39.3 Å². The van der Waals surface area contributed by atoms with Crippen molar-refractivity contribution in [2.45, 2.75) is 29.9 Å². The Labute approximate surface area is 110 Å². The molecule has 0 saturated carbocycles. The maximum atomic E-state index is 4.36. The molecule has 0 aliphatic carbocycles. The van der Waals surface area contributed by atoms with Crippen molar-refractivity contribution in [3.05, 3.63) is 18.2 Å². The number of rotatable bonds is 4. The van der Waals surface area contributed by atoms with Crippen LogP contribution in [0.3, 0.4) is 0 Å². The van der Waals surface area contributed by atoms with Crippen LogP contribution >= 0.6 is 11.8 Å². The zero-order valence-corrected chi connectivity index (χ0v) is 11.7. The van der Waals surface area contributed by atoms with Crippen LogP contribution in [-0.4, -0.2) is 31.8 Å². The lowest BCUT2D eigenvalue weighted by molar-refractivity contribution is 0.776. The molecular formula is C11H16N6S. The van der Waals surface area contributed by atoms with Gasteiger partial charge in [-0.1, -0.05) is 13.8 Å². The summed E-state index contributed by atoms with van der Waals surface area (Å²) < 4.78 is 1.87. The summed E-state index contributed by atoms with van der Waals surface area (Å²) >= 11 is 1.50. The van der Waals surface area contributed by atoms with Crippen LogP contribution in [0.15, 0.2) is 22.8 Å². The minimum atomic E-state index is 0.337. The predicted molar refractivity (Wildman–Crippen MR) is 70.8 cm³/mol. The average molecular weight is 264 g/mol. The minimum Gasteiger partial charge on any atom is -0.373 e. The molecule has 0 aliphatic heterocycles. The molecule has 0 radical (unpaired) electrons. The normalized spacial score (nSPS) is 10.9. The highest BCUT2D eigenvalue weighted by atomic mass is 32.2. The molecule has 1 N–H and O–H groups in total. The summed E-state index contributed by atoms with van der Waals surface area (Å²) in [6.07, 6.45) is 3.24. The van der Waals surface area contributed by atoms with Gasteiger partial charge in [0, 0.05) is 19.7 Å². The van der Waals surface area contributed by atoms with Crippen molar-refractivity contribution >= 4 is 17.6 Å². The number of anilines is 1. The van der Waals surface area contributed by atoms with Gasteiger partial charge in [0.1, 0.15) is 23.5 Å². The van der Waals surface area contributed by atoms with Crippen molar-refractivity contribution < 1.29 is 0 Å². The van der Waals surface area contributed by atoms with E-state index < -0.39 is 0 Å². The quantitative estimate of drug-likeness (QED) is 0.851. The zero-order chi connectivity index (χ0) is 13.1. The summed E-state index contributed by atoms with van der Waals surface area (Å²) in [4.78, 5) is 8.61. The molecule has 0 amide bonds. The van der Waals surface area contributed by atoms with Crippen LogP contribution in [0, 0.1) is 0 Å². The third-order valence-electron chi connectivity index (χ3n) is 2.52. The number of nitrogens with one attached hydrogen (secondary N) is 1. The Kier molecular flexibility index (Phi) is 3.81. The number of aromatic nitrogens is 5. The Balaban J connectivity index is 2.41. The molecule has 96 valence electrons. The van der Waals surface area contributed by atoms with Gasteiger partial charge in [0.15, 0.2) is 5.16 Å². The van der Waals surface area contributed by atoms with Crippen LogP contribution in [-0.2, 0) is 7.05 Å². The number of hydrogen-bond acceptors (Lipinski definition) is 6. The molecule has 0 fully saturated rings. The van der Waals surface area contributed by atoms with Crippen molar-refractivity contribution in [3.8, 4) is 0 Å². The topological polar surface area (TPSA) is 68.5 Å². The molecule has 2 rings (SSSR count). The maximum absolute atomic E-state index is 4.36. The van der Waals surface area contributed by atoms with Crippen LogP contribution in [0.1, 0.15) is 25.3 Å². The lowest BCUT2D eigenvalue weighted by atomic mass is 10.1. The van der Waals surface area contributed by atoms with Gasteiger partial charge in [0.25, 0.3) is 0 Å². The van der Waals surface area contributed by atoms with Gasteiger partial charge in [-0.05, 0) is 17.7 Å². The summed E-state index contributed by atoms with van der Waals surface area (Å²) in [5.74, 6) is 1.20. The monoisotopic (exact) mass is 264 g/mol. The van der Waals surface area contributed by atoms with Crippen molar-refractivity contribution in [2.24, 2.45) is 7.05 Å². The fourth-order valence-corrected chi connectivity index (χ4v) is 2.63. The van der Waals surface area contributed by atoms with Gasteiger partial charge >= 0.3 is 0 Å². The van der Waals surface area contributed by atoms with Gasteiger partial charge in [0.2, 0.25) is 0 Å². The lowest BCUT2D eigenvalue weighted by Gasteiger charge is -2.14. The summed E-state index contributed by atoms with van der Waals surface area (Å²) in [5.41, 5.74) is 1.10. The van der Waals surface area contributed by atoms with Gasteiger partial charge in [-0.25, -0.2) is 9.97 Å². The molecule has 2 heterocycles. The zero-order valence-electron chi connectivity index (χ0n) is 10.9. The van der Waals surface area contributed by atoms with Crippen molar-refractivity contribution in [1.29, 1.82) is 0 Å². The van der Waals surface area contributed by atoms with E-state index in [1.165, 1.54) is 11.8 Å². The summed E-state index contributed by atoms with van der Waals surface area (Å²) in [5, 5.41) is 12.8. The number of nitrogens with zero attached hydrogens (tertiary/aromatic N) is 5. The highest BCUT2D eigenvalue weighted by Crippen LogP contribution is 2.34. The molecule has 0 aliphatic rings. The van der Waals surface area contributed by atoms with Crippen molar-refractivity contribution in [3.63, 3.8) is 0 Å². The van der Waals surface area contributed by atoms with Gasteiger partial charge < -0.3 is 9.88 Å². The van der Waals surface area contributed by atoms with Crippen LogP contribution in [0.5, 0.6) is 0 Å². The second-order valence-electron chi connectivity index (χ2n) is 4.17. The molecular weight excluding hydrogens is 248 g/mol. The lowest BCUT2D eigenvalue weighted by Crippen LogP contribution is -2.04. The Hall–Kier alpha value is -1.63. The highest BCUT2D eigenvalue weighted by molar-refractivity contribution is 7.99. The molecule has 0 bridgehead atoms. The first-order valence-corrected chi connectivity index (χ1v) is 6.49. The van der Waals surface area contributed by atoms with Gasteiger partial charge in [-0.3, -0.25) is 0 Å². The van der Waals surface area contributed by atoms with E-state index in [1.807, 2.05) is 18.7 Å². The molecule has 2 aromatic rings. The molecule has 0 saturated heterocycles. The second kappa shape index (κ2) is 5.34. The van der Waals surface area contributed by atoms with E-state index in [1.54, 1.807) is 12.7 Å². The average Bonchev–Trinajstić information content (AvgIpc) is 2.74. The third kappa shape index (κ3) is 2.45. The Morgan fingerprint density at radius 2 is 2.11 bits per heavy atom. The minimum absolute atomic E-state index is 0.337. The van der Waals surface area contributed by atoms with Crippen molar-refractivity contribution in [2.75, 3.05) is 12.4 Å². The molecule has 7 heteroatoms. The fourth-order valence-electron chi connectivity index (χ4n) is 1.63. The van der Waals surface area contributed by atoms with E-state index in [-0.39, 0.29) is 0 Å². The Morgan fingerprint density at radius 1 is 1.33 bits per heavy atom. The SMILES string of the molecule is CNc1ncnc(Sc2nncn2C)c1C(C)C. The third-order valence-corrected chi connectivity index (χ3v) is 3.59. The van der Waals surface area contributed by atoms with Crippen LogP contribution in [0.25, 0.3) is 0 Å². The molecule has 0 aromatic carbocycles. The van der Waals surface area contributed by atoms with Gasteiger partial charge in [-0.2, -0.15) is 0 Å². The molecule has 2 aromatic heterocycles.